The zero-order valence-corrected chi connectivity index (χ0v) is 15.1. The van der Waals surface area contributed by atoms with E-state index in [9.17, 15) is 18.0 Å². The lowest BCUT2D eigenvalue weighted by molar-refractivity contribution is -0.145. The summed E-state index contributed by atoms with van der Waals surface area (Å²) in [7, 11) is -2.43. The normalized spacial score (nSPS) is 20.0. The SMILES string of the molecule is COC(=O)[C@@H]1C[C@@H](S(=O)(=O)c2ccccc2)CN1C(=O)c1ccccc1. The van der Waals surface area contributed by atoms with Gasteiger partial charge in [0.05, 0.1) is 17.3 Å². The number of esters is 1. The van der Waals surface area contributed by atoms with Crippen molar-refractivity contribution < 1.29 is 22.7 Å². The minimum Gasteiger partial charge on any atom is -0.467 e. The summed E-state index contributed by atoms with van der Waals surface area (Å²) in [6.07, 6.45) is 0.0163. The third-order valence-corrected chi connectivity index (χ3v) is 6.68. The number of carbonyl (C=O) groups is 2. The first-order valence-electron chi connectivity index (χ1n) is 8.18. The van der Waals surface area contributed by atoms with E-state index in [4.69, 9.17) is 4.74 Å². The van der Waals surface area contributed by atoms with Crippen LogP contribution in [0.3, 0.4) is 0 Å². The van der Waals surface area contributed by atoms with Gasteiger partial charge < -0.3 is 9.64 Å². The van der Waals surface area contributed by atoms with Crippen molar-refractivity contribution >= 4 is 21.7 Å². The summed E-state index contributed by atoms with van der Waals surface area (Å²) in [6, 6.07) is 15.6. The highest BCUT2D eigenvalue weighted by Crippen LogP contribution is 2.29. The molecule has 1 saturated heterocycles. The fraction of sp³-hybridized carbons (Fsp3) is 0.263. The van der Waals surface area contributed by atoms with Gasteiger partial charge >= 0.3 is 5.97 Å². The smallest absolute Gasteiger partial charge is 0.328 e. The van der Waals surface area contributed by atoms with Gasteiger partial charge in [0.1, 0.15) is 6.04 Å². The molecule has 7 heteroatoms. The van der Waals surface area contributed by atoms with Gasteiger partial charge in [0.15, 0.2) is 9.84 Å². The summed E-state index contributed by atoms with van der Waals surface area (Å²) in [5, 5.41) is -0.860. The van der Waals surface area contributed by atoms with Crippen LogP contribution in [0.2, 0.25) is 0 Å². The molecule has 6 nitrogen and oxygen atoms in total. The standard InChI is InChI=1S/C19H19NO5S/c1-25-19(22)17-12-16(26(23,24)15-10-6-3-7-11-15)13-20(17)18(21)14-8-4-2-5-9-14/h2-11,16-17H,12-13H2,1H3/t16-,17+/m1/s1. The Kier molecular flexibility index (Phi) is 5.08. The number of hydrogen-bond donors (Lipinski definition) is 0. The first kappa shape index (κ1) is 18.1. The molecule has 3 rings (SSSR count). The lowest BCUT2D eigenvalue weighted by Crippen LogP contribution is -2.41. The van der Waals surface area contributed by atoms with Gasteiger partial charge in [0.25, 0.3) is 5.91 Å². The van der Waals surface area contributed by atoms with Gasteiger partial charge in [-0.05, 0) is 30.7 Å². The van der Waals surface area contributed by atoms with Crippen molar-refractivity contribution in [3.8, 4) is 0 Å². The number of ether oxygens (including phenoxy) is 1. The number of nitrogens with zero attached hydrogens (tertiary/aromatic N) is 1. The van der Waals surface area contributed by atoms with Gasteiger partial charge in [-0.2, -0.15) is 0 Å². The van der Waals surface area contributed by atoms with E-state index in [1.54, 1.807) is 48.5 Å². The molecule has 0 spiro atoms. The van der Waals surface area contributed by atoms with Crippen molar-refractivity contribution in [3.05, 3.63) is 66.2 Å². The van der Waals surface area contributed by atoms with Crippen molar-refractivity contribution in [2.75, 3.05) is 13.7 Å². The molecule has 2 atom stereocenters. The van der Waals surface area contributed by atoms with E-state index >= 15 is 0 Å². The van der Waals surface area contributed by atoms with E-state index < -0.39 is 27.1 Å². The fourth-order valence-corrected chi connectivity index (χ4v) is 4.87. The Morgan fingerprint density at radius 1 is 1.00 bits per heavy atom. The maximum Gasteiger partial charge on any atom is 0.328 e. The Morgan fingerprint density at radius 2 is 1.58 bits per heavy atom. The number of sulfone groups is 1. The largest absolute Gasteiger partial charge is 0.467 e. The maximum atomic E-state index is 12.9. The van der Waals surface area contributed by atoms with E-state index in [0.29, 0.717) is 5.56 Å². The molecular weight excluding hydrogens is 354 g/mol. The van der Waals surface area contributed by atoms with Crippen molar-refractivity contribution in [1.82, 2.24) is 4.90 Å². The van der Waals surface area contributed by atoms with Gasteiger partial charge in [-0.3, -0.25) is 4.79 Å². The van der Waals surface area contributed by atoms with E-state index in [2.05, 4.69) is 0 Å². The number of likely N-dealkylation sites (tertiary alicyclic amines) is 1. The molecule has 136 valence electrons. The Labute approximate surface area is 152 Å². The van der Waals surface area contributed by atoms with E-state index in [1.807, 2.05) is 0 Å². The monoisotopic (exact) mass is 373 g/mol. The minimum absolute atomic E-state index is 0.0163. The van der Waals surface area contributed by atoms with Crippen LogP contribution in [0.5, 0.6) is 0 Å². The molecule has 1 aliphatic heterocycles. The molecule has 0 aliphatic carbocycles. The number of methoxy groups -OCH3 is 1. The molecule has 26 heavy (non-hydrogen) atoms. The van der Waals surface area contributed by atoms with Crippen molar-refractivity contribution in [3.63, 3.8) is 0 Å². The average Bonchev–Trinajstić information content (AvgIpc) is 3.14. The zero-order chi connectivity index (χ0) is 18.7. The van der Waals surface area contributed by atoms with Gasteiger partial charge in [-0.25, -0.2) is 13.2 Å². The highest BCUT2D eigenvalue weighted by atomic mass is 32.2. The van der Waals surface area contributed by atoms with Gasteiger partial charge in [-0.1, -0.05) is 36.4 Å². The Morgan fingerprint density at radius 3 is 2.15 bits per heavy atom. The van der Waals surface area contributed by atoms with Crippen molar-refractivity contribution in [2.45, 2.75) is 22.6 Å². The summed E-state index contributed by atoms with van der Waals surface area (Å²) >= 11 is 0. The highest BCUT2D eigenvalue weighted by molar-refractivity contribution is 7.92. The van der Waals surface area contributed by atoms with Crippen LogP contribution >= 0.6 is 0 Å². The molecular formula is C19H19NO5S. The summed E-state index contributed by atoms with van der Waals surface area (Å²) < 4.78 is 30.6. The molecule has 0 aromatic heterocycles. The van der Waals surface area contributed by atoms with Gasteiger partial charge in [0.2, 0.25) is 0 Å². The summed E-state index contributed by atoms with van der Waals surface area (Å²) in [4.78, 5) is 26.4. The molecule has 1 amide bonds. The van der Waals surface area contributed by atoms with E-state index in [1.165, 1.54) is 24.1 Å². The van der Waals surface area contributed by atoms with E-state index in [0.717, 1.165) is 0 Å². The molecule has 0 N–H and O–H groups in total. The molecule has 0 bridgehead atoms. The Bertz CT molecular complexity index is 896. The Balaban J connectivity index is 1.93. The first-order chi connectivity index (χ1) is 12.4. The second kappa shape index (κ2) is 7.29. The summed E-state index contributed by atoms with van der Waals surface area (Å²) in [6.45, 7) is -0.0509. The summed E-state index contributed by atoms with van der Waals surface area (Å²) in [5.74, 6) is -0.994. The molecule has 1 fully saturated rings. The molecule has 0 saturated carbocycles. The predicted molar refractivity (Wildman–Crippen MR) is 95.3 cm³/mol. The number of carbonyl (C=O) groups excluding carboxylic acids is 2. The predicted octanol–water partition coefficient (Wildman–Crippen LogP) is 1.92. The van der Waals surface area contributed by atoms with Crippen LogP contribution < -0.4 is 0 Å². The number of benzene rings is 2. The fourth-order valence-electron chi connectivity index (χ4n) is 3.16. The van der Waals surface area contributed by atoms with Gasteiger partial charge in [0, 0.05) is 12.1 Å². The molecule has 2 aromatic rings. The molecule has 1 aliphatic rings. The second-order valence-corrected chi connectivity index (χ2v) is 8.31. The Hall–Kier alpha value is -2.67. The molecule has 0 unspecified atom stereocenters. The van der Waals surface area contributed by atoms with Crippen molar-refractivity contribution in [1.29, 1.82) is 0 Å². The average molecular weight is 373 g/mol. The number of amides is 1. The third-order valence-electron chi connectivity index (χ3n) is 4.53. The molecule has 1 heterocycles. The highest BCUT2D eigenvalue weighted by Gasteiger charge is 2.46. The molecule has 2 aromatic carbocycles. The lowest BCUT2D eigenvalue weighted by Gasteiger charge is -2.22. The van der Waals surface area contributed by atoms with Crippen LogP contribution in [0, 0.1) is 0 Å². The van der Waals surface area contributed by atoms with Crippen LogP contribution in [0.15, 0.2) is 65.6 Å². The lowest BCUT2D eigenvalue weighted by atomic mass is 10.1. The number of rotatable bonds is 4. The minimum atomic E-state index is -3.66. The summed E-state index contributed by atoms with van der Waals surface area (Å²) in [5.41, 5.74) is 0.402. The van der Waals surface area contributed by atoms with Gasteiger partial charge in [-0.15, -0.1) is 0 Å². The van der Waals surface area contributed by atoms with Crippen LogP contribution in [-0.2, 0) is 19.4 Å². The van der Waals surface area contributed by atoms with Crippen LogP contribution in [0.4, 0.5) is 0 Å². The van der Waals surface area contributed by atoms with Crippen LogP contribution in [0.1, 0.15) is 16.8 Å². The zero-order valence-electron chi connectivity index (χ0n) is 14.2. The quantitative estimate of drug-likeness (QED) is 0.765. The topological polar surface area (TPSA) is 80.8 Å². The van der Waals surface area contributed by atoms with E-state index in [-0.39, 0.29) is 23.8 Å². The number of hydrogen-bond acceptors (Lipinski definition) is 5. The second-order valence-electron chi connectivity index (χ2n) is 6.08. The van der Waals surface area contributed by atoms with Crippen LogP contribution in [-0.4, -0.2) is 50.1 Å². The van der Waals surface area contributed by atoms with Crippen molar-refractivity contribution in [2.24, 2.45) is 0 Å². The maximum absolute atomic E-state index is 12.9. The third kappa shape index (κ3) is 3.35. The molecule has 0 radical (unpaired) electrons. The first-order valence-corrected chi connectivity index (χ1v) is 9.72. The van der Waals surface area contributed by atoms with Crippen LogP contribution in [0.25, 0.3) is 0 Å².